The first-order chi connectivity index (χ1) is 3.48. The van der Waals surface area contributed by atoms with Crippen LogP contribution in [0.1, 0.15) is 0 Å². The maximum Gasteiger partial charge on any atom is 0.242 e. The van der Waals surface area contributed by atoms with E-state index in [0.29, 0.717) is 0 Å². The van der Waals surface area contributed by atoms with Gasteiger partial charge in [0, 0.05) is 7.05 Å². The number of aliphatic imine (C=N–C) groups is 1. The Morgan fingerprint density at radius 3 is 1.75 bits per heavy atom. The van der Waals surface area contributed by atoms with Gasteiger partial charge in [0.25, 0.3) is 0 Å². The second kappa shape index (κ2) is 3.11. The molecule has 0 radical (unpaired) electrons. The highest BCUT2D eigenvalue weighted by molar-refractivity contribution is 6.89. The second-order valence-electron chi connectivity index (χ2n) is 1.01. The summed E-state index contributed by atoms with van der Waals surface area (Å²) >= 11 is 21.1. The molecule has 0 heterocycles. The van der Waals surface area contributed by atoms with Crippen molar-refractivity contribution in [3.63, 3.8) is 0 Å². The van der Waals surface area contributed by atoms with Crippen LogP contribution in [0.25, 0.3) is 0 Å². The van der Waals surface area contributed by atoms with Crippen molar-refractivity contribution in [2.75, 3.05) is 7.05 Å². The predicted octanol–water partition coefficient (Wildman–Crippen LogP) is 2.62. The van der Waals surface area contributed by atoms with Crippen molar-refractivity contribution in [3.8, 4) is 0 Å². The first kappa shape index (κ1) is 8.83. The molecule has 0 aromatic carbocycles. The number of nitrogens with zero attached hydrogens (tertiary/aromatic N) is 1. The number of alkyl halides is 3. The first-order valence-electron chi connectivity index (χ1n) is 1.68. The third-order valence-corrected chi connectivity index (χ3v) is 1.71. The van der Waals surface area contributed by atoms with Crippen LogP contribution in [0.2, 0.25) is 0 Å². The monoisotopic (exact) mass is 193 g/mol. The minimum absolute atomic E-state index is 0.0255. The zero-order chi connectivity index (χ0) is 6.78. The van der Waals surface area contributed by atoms with Crippen molar-refractivity contribution >= 4 is 51.6 Å². The van der Waals surface area contributed by atoms with Gasteiger partial charge in [0.1, 0.15) is 0 Å². The van der Waals surface area contributed by atoms with Crippen LogP contribution in [-0.4, -0.2) is 16.0 Å². The Kier molecular flexibility index (Phi) is 3.44. The molecule has 0 fully saturated rings. The highest BCUT2D eigenvalue weighted by atomic mass is 35.6. The molecule has 0 spiro atoms. The number of hydrogen-bond acceptors (Lipinski definition) is 1. The van der Waals surface area contributed by atoms with Gasteiger partial charge in [0.2, 0.25) is 3.79 Å². The molecule has 8 heavy (non-hydrogen) atoms. The van der Waals surface area contributed by atoms with E-state index in [0.717, 1.165) is 0 Å². The van der Waals surface area contributed by atoms with Crippen LogP contribution in [-0.2, 0) is 0 Å². The Labute approximate surface area is 67.6 Å². The fourth-order valence-corrected chi connectivity index (χ4v) is 0.380. The van der Waals surface area contributed by atoms with Crippen LogP contribution in [0, 0.1) is 0 Å². The van der Waals surface area contributed by atoms with Crippen molar-refractivity contribution in [3.05, 3.63) is 0 Å². The van der Waals surface area contributed by atoms with Crippen molar-refractivity contribution in [2.24, 2.45) is 4.99 Å². The fraction of sp³-hybridized carbons (Fsp3) is 0.667. The van der Waals surface area contributed by atoms with Crippen molar-refractivity contribution in [1.29, 1.82) is 0 Å². The Morgan fingerprint density at radius 2 is 1.75 bits per heavy atom. The number of hydrogen-bond donors (Lipinski definition) is 0. The van der Waals surface area contributed by atoms with Crippen molar-refractivity contribution < 1.29 is 0 Å². The quantitative estimate of drug-likeness (QED) is 0.416. The molecule has 1 nitrogen and oxygen atoms in total. The van der Waals surface area contributed by atoms with Crippen molar-refractivity contribution in [1.82, 2.24) is 0 Å². The average Bonchev–Trinajstić information content (AvgIpc) is 1.62. The largest absolute Gasteiger partial charge is 0.277 e. The summed E-state index contributed by atoms with van der Waals surface area (Å²) in [6, 6.07) is 0. The van der Waals surface area contributed by atoms with Crippen LogP contribution < -0.4 is 0 Å². The maximum atomic E-state index is 5.30. The molecule has 0 unspecified atom stereocenters. The molecule has 0 aromatic heterocycles. The maximum absolute atomic E-state index is 5.30. The standard InChI is InChI=1S/C3H3Cl4N/c1-8-2(4)3(5,6)7/h1H3. The molecule has 0 saturated carbocycles. The highest BCUT2D eigenvalue weighted by Crippen LogP contribution is 2.29. The zero-order valence-corrected chi connectivity index (χ0v) is 6.98. The molecule has 0 amide bonds. The Morgan fingerprint density at radius 1 is 1.38 bits per heavy atom. The SMILES string of the molecule is CN=C(Cl)C(Cl)(Cl)Cl. The van der Waals surface area contributed by atoms with E-state index in [2.05, 4.69) is 4.99 Å². The first-order valence-corrected chi connectivity index (χ1v) is 3.19. The highest BCUT2D eigenvalue weighted by Gasteiger charge is 2.25. The molecule has 0 aliphatic heterocycles. The minimum atomic E-state index is -1.56. The Hall–Kier alpha value is 0.830. The Bertz CT molecular complexity index is 102. The van der Waals surface area contributed by atoms with Gasteiger partial charge in [-0.2, -0.15) is 0 Å². The summed E-state index contributed by atoms with van der Waals surface area (Å²) in [5, 5.41) is -0.0255. The number of halogens is 4. The summed E-state index contributed by atoms with van der Waals surface area (Å²) in [4.78, 5) is 3.45. The molecule has 0 bridgehead atoms. The zero-order valence-electron chi connectivity index (χ0n) is 3.96. The lowest BCUT2D eigenvalue weighted by molar-refractivity contribution is 1.41. The summed E-state index contributed by atoms with van der Waals surface area (Å²) in [5.41, 5.74) is 0. The molecule has 0 atom stereocenters. The molecule has 0 aliphatic carbocycles. The van der Waals surface area contributed by atoms with E-state index in [-0.39, 0.29) is 5.17 Å². The van der Waals surface area contributed by atoms with Gasteiger partial charge in [-0.15, -0.1) is 0 Å². The average molecular weight is 195 g/mol. The van der Waals surface area contributed by atoms with Gasteiger partial charge < -0.3 is 0 Å². The van der Waals surface area contributed by atoms with E-state index in [4.69, 9.17) is 46.4 Å². The van der Waals surface area contributed by atoms with Gasteiger partial charge in [-0.05, 0) is 0 Å². The van der Waals surface area contributed by atoms with Gasteiger partial charge in [0.15, 0.2) is 5.17 Å². The number of rotatable bonds is 0. The lowest BCUT2D eigenvalue weighted by Crippen LogP contribution is -2.11. The summed E-state index contributed by atoms with van der Waals surface area (Å²) in [7, 11) is 1.45. The van der Waals surface area contributed by atoms with Gasteiger partial charge in [0.05, 0.1) is 0 Å². The van der Waals surface area contributed by atoms with E-state index in [1.54, 1.807) is 0 Å². The molecular weight excluding hydrogens is 192 g/mol. The lowest BCUT2D eigenvalue weighted by Gasteiger charge is -2.04. The van der Waals surface area contributed by atoms with Crippen LogP contribution >= 0.6 is 46.4 Å². The summed E-state index contributed by atoms with van der Waals surface area (Å²) in [6.45, 7) is 0. The molecule has 0 saturated heterocycles. The summed E-state index contributed by atoms with van der Waals surface area (Å²) in [6.07, 6.45) is 0. The summed E-state index contributed by atoms with van der Waals surface area (Å²) in [5.74, 6) is 0. The van der Waals surface area contributed by atoms with Crippen LogP contribution in [0.15, 0.2) is 4.99 Å². The predicted molar refractivity (Wildman–Crippen MR) is 39.5 cm³/mol. The minimum Gasteiger partial charge on any atom is -0.277 e. The van der Waals surface area contributed by atoms with Crippen LogP contribution in [0.4, 0.5) is 0 Å². The van der Waals surface area contributed by atoms with E-state index >= 15 is 0 Å². The Balaban J connectivity index is 4.03. The third-order valence-electron chi connectivity index (χ3n) is 0.430. The van der Waals surface area contributed by atoms with E-state index in [1.165, 1.54) is 7.05 Å². The second-order valence-corrected chi connectivity index (χ2v) is 3.65. The van der Waals surface area contributed by atoms with E-state index in [9.17, 15) is 0 Å². The molecule has 0 N–H and O–H groups in total. The molecule has 48 valence electrons. The van der Waals surface area contributed by atoms with Crippen molar-refractivity contribution in [2.45, 2.75) is 3.79 Å². The van der Waals surface area contributed by atoms with Gasteiger partial charge in [-0.1, -0.05) is 46.4 Å². The topological polar surface area (TPSA) is 12.4 Å². The third kappa shape index (κ3) is 2.98. The molecule has 0 aromatic rings. The summed E-state index contributed by atoms with van der Waals surface area (Å²) < 4.78 is -1.56. The molecular formula is C3H3Cl4N. The van der Waals surface area contributed by atoms with E-state index < -0.39 is 3.79 Å². The molecule has 0 rings (SSSR count). The molecule has 0 aliphatic rings. The lowest BCUT2D eigenvalue weighted by atomic mass is 10.8. The van der Waals surface area contributed by atoms with Gasteiger partial charge in [-0.3, -0.25) is 4.99 Å². The molecule has 5 heteroatoms. The van der Waals surface area contributed by atoms with Gasteiger partial charge in [-0.25, -0.2) is 0 Å². The fourth-order valence-electron chi connectivity index (χ4n) is 0.127. The normalized spacial score (nSPS) is 14.4. The van der Waals surface area contributed by atoms with E-state index in [1.807, 2.05) is 0 Å². The van der Waals surface area contributed by atoms with Crippen LogP contribution in [0.3, 0.4) is 0 Å². The van der Waals surface area contributed by atoms with Crippen LogP contribution in [0.5, 0.6) is 0 Å². The smallest absolute Gasteiger partial charge is 0.242 e. The van der Waals surface area contributed by atoms with Gasteiger partial charge >= 0.3 is 0 Å².